The number of hydrogen-bond donors (Lipinski definition) is 1. The molecule has 0 atom stereocenters. The van der Waals surface area contributed by atoms with E-state index in [0.717, 1.165) is 30.9 Å². The van der Waals surface area contributed by atoms with Crippen LogP contribution in [0.15, 0.2) is 0 Å². The van der Waals surface area contributed by atoms with Gasteiger partial charge in [-0.25, -0.2) is 9.78 Å². The van der Waals surface area contributed by atoms with Crippen LogP contribution in [0.1, 0.15) is 46.1 Å². The lowest BCUT2D eigenvalue weighted by Crippen LogP contribution is -2.36. The minimum atomic E-state index is -0.905. The van der Waals surface area contributed by atoms with Gasteiger partial charge in [0.05, 0.1) is 10.7 Å². The molecule has 0 bridgehead atoms. The number of carbonyl (C=O) groups is 2. The van der Waals surface area contributed by atoms with Crippen LogP contribution in [0.4, 0.5) is 0 Å². The molecule has 98 valence electrons. The maximum atomic E-state index is 11.2. The zero-order chi connectivity index (χ0) is 13.3. The zero-order valence-corrected chi connectivity index (χ0v) is 11.3. The smallest absolute Gasteiger partial charge is 0.347 e. The fourth-order valence-corrected chi connectivity index (χ4v) is 3.31. The molecule has 1 aromatic rings. The first-order valence-electron chi connectivity index (χ1n) is 5.95. The van der Waals surface area contributed by atoms with Crippen molar-refractivity contribution in [2.45, 2.75) is 32.6 Å². The molecule has 1 N–H and O–H groups in total. The maximum absolute atomic E-state index is 11.2. The monoisotopic (exact) mass is 268 g/mol. The molecular weight excluding hydrogens is 252 g/mol. The van der Waals surface area contributed by atoms with Crippen molar-refractivity contribution in [2.75, 3.05) is 13.1 Å². The summed E-state index contributed by atoms with van der Waals surface area (Å²) in [6.07, 6.45) is 1.73. The Morgan fingerprint density at radius 2 is 2.00 bits per heavy atom. The first kappa shape index (κ1) is 13.0. The third-order valence-electron chi connectivity index (χ3n) is 3.30. The second-order valence-electron chi connectivity index (χ2n) is 4.55. The van der Waals surface area contributed by atoms with E-state index in [9.17, 15) is 9.59 Å². The number of hydrogen-bond acceptors (Lipinski definition) is 4. The second kappa shape index (κ2) is 5.06. The maximum Gasteiger partial charge on any atom is 0.347 e. The predicted octanol–water partition coefficient (Wildman–Crippen LogP) is 1.88. The number of aromatic nitrogens is 1. The molecule has 0 radical (unpaired) electrons. The number of carbonyl (C=O) groups excluding carboxylic acids is 1. The Bertz CT molecular complexity index is 476. The Kier molecular flexibility index (Phi) is 3.65. The van der Waals surface area contributed by atoms with Gasteiger partial charge in [0.2, 0.25) is 5.91 Å². The summed E-state index contributed by atoms with van der Waals surface area (Å²) in [7, 11) is 0. The fraction of sp³-hybridized carbons (Fsp3) is 0.583. The van der Waals surface area contributed by atoms with Crippen LogP contribution in [-0.2, 0) is 4.79 Å². The van der Waals surface area contributed by atoms with Crippen molar-refractivity contribution in [3.05, 3.63) is 15.6 Å². The Hall–Kier alpha value is -1.43. The number of aryl methyl sites for hydroxylation is 1. The molecular formula is C12H16N2O3S. The van der Waals surface area contributed by atoms with Gasteiger partial charge in [-0.1, -0.05) is 0 Å². The van der Waals surface area contributed by atoms with E-state index < -0.39 is 5.97 Å². The van der Waals surface area contributed by atoms with Gasteiger partial charge in [-0.2, -0.15) is 0 Å². The van der Waals surface area contributed by atoms with E-state index in [0.29, 0.717) is 10.6 Å². The van der Waals surface area contributed by atoms with Crippen molar-refractivity contribution in [1.82, 2.24) is 9.88 Å². The van der Waals surface area contributed by atoms with Crippen LogP contribution < -0.4 is 0 Å². The van der Waals surface area contributed by atoms with Crippen molar-refractivity contribution in [1.29, 1.82) is 0 Å². The van der Waals surface area contributed by atoms with Crippen molar-refractivity contribution >= 4 is 23.2 Å². The molecule has 1 aliphatic heterocycles. The van der Waals surface area contributed by atoms with Crippen LogP contribution in [-0.4, -0.2) is 40.0 Å². The molecule has 2 rings (SSSR count). The van der Waals surface area contributed by atoms with Gasteiger partial charge in [-0.05, 0) is 19.8 Å². The molecule has 1 aliphatic rings. The van der Waals surface area contributed by atoms with Gasteiger partial charge in [0.25, 0.3) is 0 Å². The van der Waals surface area contributed by atoms with Crippen molar-refractivity contribution in [3.63, 3.8) is 0 Å². The number of likely N-dealkylation sites (tertiary alicyclic amines) is 1. The van der Waals surface area contributed by atoms with E-state index >= 15 is 0 Å². The molecule has 18 heavy (non-hydrogen) atoms. The van der Waals surface area contributed by atoms with Crippen LogP contribution in [0.2, 0.25) is 0 Å². The molecule has 1 saturated heterocycles. The summed E-state index contributed by atoms with van der Waals surface area (Å²) in [4.78, 5) is 28.7. The summed E-state index contributed by atoms with van der Waals surface area (Å²) in [6, 6.07) is 0. The third kappa shape index (κ3) is 2.53. The van der Waals surface area contributed by atoms with Crippen LogP contribution >= 0.6 is 11.3 Å². The number of piperidine rings is 1. The average molecular weight is 268 g/mol. The quantitative estimate of drug-likeness (QED) is 0.889. The van der Waals surface area contributed by atoms with E-state index in [2.05, 4.69) is 4.98 Å². The van der Waals surface area contributed by atoms with E-state index in [4.69, 9.17) is 5.11 Å². The summed E-state index contributed by atoms with van der Waals surface area (Å²) in [5.41, 5.74) is 0.594. The van der Waals surface area contributed by atoms with E-state index in [1.165, 1.54) is 11.3 Å². The minimum absolute atomic E-state index is 0.106. The van der Waals surface area contributed by atoms with Gasteiger partial charge >= 0.3 is 5.97 Å². The Morgan fingerprint density at radius 1 is 1.39 bits per heavy atom. The third-order valence-corrected chi connectivity index (χ3v) is 4.60. The summed E-state index contributed by atoms with van der Waals surface area (Å²) < 4.78 is 0. The number of thiazole rings is 1. The molecule has 2 heterocycles. The van der Waals surface area contributed by atoms with Gasteiger partial charge in [0, 0.05) is 25.9 Å². The second-order valence-corrected chi connectivity index (χ2v) is 5.58. The highest BCUT2D eigenvalue weighted by molar-refractivity contribution is 7.13. The van der Waals surface area contributed by atoms with Crippen LogP contribution in [0.3, 0.4) is 0 Å². The highest BCUT2D eigenvalue weighted by atomic mass is 32.1. The lowest BCUT2D eigenvalue weighted by atomic mass is 9.97. The Morgan fingerprint density at radius 3 is 2.44 bits per heavy atom. The van der Waals surface area contributed by atoms with Crippen molar-refractivity contribution in [3.8, 4) is 0 Å². The summed E-state index contributed by atoms with van der Waals surface area (Å²) >= 11 is 1.27. The molecule has 0 aliphatic carbocycles. The molecule has 1 fully saturated rings. The first-order chi connectivity index (χ1) is 8.49. The van der Waals surface area contributed by atoms with E-state index in [1.807, 2.05) is 4.90 Å². The van der Waals surface area contributed by atoms with Crippen molar-refractivity contribution in [2.24, 2.45) is 0 Å². The number of rotatable bonds is 2. The fourth-order valence-electron chi connectivity index (χ4n) is 2.23. The standard InChI is InChI=1S/C12H16N2O3S/c1-7-10(12(16)17)18-11(13-7)9-3-5-14(6-4-9)8(2)15/h9H,3-6H2,1-2H3,(H,16,17). The first-order valence-corrected chi connectivity index (χ1v) is 6.77. The van der Waals surface area contributed by atoms with Gasteiger partial charge in [-0.15, -0.1) is 11.3 Å². The summed E-state index contributed by atoms with van der Waals surface area (Å²) in [5, 5.41) is 9.91. The topological polar surface area (TPSA) is 70.5 Å². The molecule has 0 spiro atoms. The molecule has 6 heteroatoms. The summed E-state index contributed by atoms with van der Waals surface area (Å²) in [6.45, 7) is 4.78. The van der Waals surface area contributed by atoms with E-state index in [1.54, 1.807) is 13.8 Å². The van der Waals surface area contributed by atoms with Crippen LogP contribution in [0.25, 0.3) is 0 Å². The van der Waals surface area contributed by atoms with Gasteiger partial charge < -0.3 is 10.0 Å². The SMILES string of the molecule is CC(=O)N1CCC(c2nc(C)c(C(=O)O)s2)CC1. The lowest BCUT2D eigenvalue weighted by Gasteiger charge is -2.30. The van der Waals surface area contributed by atoms with Crippen molar-refractivity contribution < 1.29 is 14.7 Å². The van der Waals surface area contributed by atoms with Crippen LogP contribution in [0, 0.1) is 6.92 Å². The number of carboxylic acids is 1. The zero-order valence-electron chi connectivity index (χ0n) is 10.5. The molecule has 1 amide bonds. The minimum Gasteiger partial charge on any atom is -0.477 e. The molecule has 1 aromatic heterocycles. The van der Waals surface area contributed by atoms with Gasteiger partial charge in [0.1, 0.15) is 4.88 Å². The normalized spacial score (nSPS) is 16.9. The lowest BCUT2D eigenvalue weighted by molar-refractivity contribution is -0.129. The average Bonchev–Trinajstić information content (AvgIpc) is 2.71. The van der Waals surface area contributed by atoms with Crippen LogP contribution in [0.5, 0.6) is 0 Å². The predicted molar refractivity (Wildman–Crippen MR) is 68.0 cm³/mol. The number of nitrogens with zero attached hydrogens (tertiary/aromatic N) is 2. The van der Waals surface area contributed by atoms with E-state index in [-0.39, 0.29) is 11.8 Å². The number of carboxylic acid groups (broad SMARTS) is 1. The molecule has 0 aromatic carbocycles. The van der Waals surface area contributed by atoms with Gasteiger partial charge in [-0.3, -0.25) is 4.79 Å². The largest absolute Gasteiger partial charge is 0.477 e. The highest BCUT2D eigenvalue weighted by Gasteiger charge is 2.26. The molecule has 5 nitrogen and oxygen atoms in total. The number of aromatic carboxylic acids is 1. The Labute approximate surface area is 109 Å². The Balaban J connectivity index is 2.08. The highest BCUT2D eigenvalue weighted by Crippen LogP contribution is 2.32. The number of amides is 1. The van der Waals surface area contributed by atoms with Gasteiger partial charge in [0.15, 0.2) is 0 Å². The molecule has 0 unspecified atom stereocenters. The molecule has 0 saturated carbocycles. The summed E-state index contributed by atoms with van der Waals surface area (Å²) in [5.74, 6) is -0.509.